The van der Waals surface area contributed by atoms with Gasteiger partial charge in [-0.3, -0.25) is 4.79 Å². The molecule has 0 radical (unpaired) electrons. The fourth-order valence-electron chi connectivity index (χ4n) is 11.6. The molecule has 4 aliphatic rings. The van der Waals surface area contributed by atoms with E-state index in [4.69, 9.17) is 4.74 Å². The highest BCUT2D eigenvalue weighted by atomic mass is 16.5. The van der Waals surface area contributed by atoms with Gasteiger partial charge < -0.3 is 9.84 Å². The van der Waals surface area contributed by atoms with E-state index in [0.29, 0.717) is 41.6 Å². The molecule has 1 N–H and O–H groups in total. The Bertz CT molecular complexity index is 1270. The average molecular weight is 575 g/mol. The zero-order valence-corrected chi connectivity index (χ0v) is 27.4. The number of benzene rings is 1. The Morgan fingerprint density at radius 3 is 2.21 bits per heavy atom. The van der Waals surface area contributed by atoms with Crippen LogP contribution < -0.4 is 0 Å². The summed E-state index contributed by atoms with van der Waals surface area (Å²) in [4.78, 5) is 24.9. The molecule has 0 spiro atoms. The summed E-state index contributed by atoms with van der Waals surface area (Å²) in [6, 6.07) is 7.96. The average Bonchev–Trinajstić information content (AvgIpc) is 3.34. The molecule has 4 heteroatoms. The van der Waals surface area contributed by atoms with Crippen molar-refractivity contribution in [2.45, 2.75) is 99.8 Å². The van der Waals surface area contributed by atoms with Gasteiger partial charge in [-0.05, 0) is 133 Å². The predicted molar refractivity (Wildman–Crippen MR) is 170 cm³/mol. The van der Waals surface area contributed by atoms with Crippen molar-refractivity contribution in [2.24, 2.45) is 57.2 Å². The standard InChI is InChI=1S/C38H54O4/c1-10-38(34(40)41)22-17-27(23(2)3)32(38)28-15-16-31-36(7,24(28)4)21-19-30-35(5,6)29(18-20-37(30,31)8)25-11-13-26(14-12-25)33(39)42-9/h11-14,18,24,27-28,30-32H,2,10,15-17,19-22H2,1,3-9H3,(H,40,41). The van der Waals surface area contributed by atoms with Crippen molar-refractivity contribution < 1.29 is 19.4 Å². The van der Waals surface area contributed by atoms with Gasteiger partial charge in [-0.1, -0.05) is 71.9 Å². The van der Waals surface area contributed by atoms with E-state index in [-0.39, 0.29) is 28.1 Å². The van der Waals surface area contributed by atoms with Gasteiger partial charge in [-0.15, -0.1) is 0 Å². The maximum absolute atomic E-state index is 12.9. The molecule has 0 bridgehead atoms. The Morgan fingerprint density at radius 1 is 0.976 bits per heavy atom. The molecule has 3 fully saturated rings. The third-order valence-corrected chi connectivity index (χ3v) is 13.9. The van der Waals surface area contributed by atoms with Gasteiger partial charge in [0.2, 0.25) is 0 Å². The molecule has 4 aliphatic carbocycles. The lowest BCUT2D eigenvalue weighted by molar-refractivity contribution is -0.171. The Morgan fingerprint density at radius 2 is 1.64 bits per heavy atom. The van der Waals surface area contributed by atoms with Gasteiger partial charge in [-0.25, -0.2) is 4.79 Å². The normalized spacial score (nSPS) is 40.8. The molecule has 0 amide bonds. The molecule has 1 aromatic carbocycles. The van der Waals surface area contributed by atoms with Crippen LogP contribution in [0.2, 0.25) is 0 Å². The minimum atomic E-state index is -0.624. The summed E-state index contributed by atoms with van der Waals surface area (Å²) in [6.07, 6.45) is 10.7. The fraction of sp³-hybridized carbons (Fsp3) is 0.684. The summed E-state index contributed by atoms with van der Waals surface area (Å²) in [5.74, 6) is 1.68. The number of ether oxygens (including phenoxy) is 1. The van der Waals surface area contributed by atoms with E-state index in [1.54, 1.807) is 0 Å². The smallest absolute Gasteiger partial charge is 0.337 e. The van der Waals surface area contributed by atoms with Crippen molar-refractivity contribution in [3.05, 3.63) is 53.6 Å². The van der Waals surface area contributed by atoms with Crippen LogP contribution in [0.5, 0.6) is 0 Å². The molecule has 9 unspecified atom stereocenters. The van der Waals surface area contributed by atoms with Crippen molar-refractivity contribution in [3.8, 4) is 0 Å². The number of carboxylic acid groups (broad SMARTS) is 1. The number of hydrogen-bond acceptors (Lipinski definition) is 3. The number of carbonyl (C=O) groups is 2. The van der Waals surface area contributed by atoms with E-state index in [1.807, 2.05) is 12.1 Å². The number of hydrogen-bond donors (Lipinski definition) is 1. The maximum Gasteiger partial charge on any atom is 0.337 e. The van der Waals surface area contributed by atoms with Crippen LogP contribution in [0.25, 0.3) is 5.57 Å². The van der Waals surface area contributed by atoms with E-state index in [9.17, 15) is 14.7 Å². The van der Waals surface area contributed by atoms with Gasteiger partial charge in [0.1, 0.15) is 0 Å². The molecular formula is C38H54O4. The van der Waals surface area contributed by atoms with E-state index in [1.165, 1.54) is 43.1 Å². The van der Waals surface area contributed by atoms with E-state index >= 15 is 0 Å². The predicted octanol–water partition coefficient (Wildman–Crippen LogP) is 9.45. The van der Waals surface area contributed by atoms with Gasteiger partial charge in [0, 0.05) is 0 Å². The summed E-state index contributed by atoms with van der Waals surface area (Å²) in [5, 5.41) is 10.6. The Kier molecular flexibility index (Phi) is 7.89. The molecule has 4 nitrogen and oxygen atoms in total. The summed E-state index contributed by atoms with van der Waals surface area (Å²) >= 11 is 0. The van der Waals surface area contributed by atoms with Gasteiger partial charge in [0.05, 0.1) is 18.1 Å². The highest BCUT2D eigenvalue weighted by Crippen LogP contribution is 2.71. The van der Waals surface area contributed by atoms with E-state index in [2.05, 4.69) is 73.3 Å². The quantitative estimate of drug-likeness (QED) is 0.271. The molecule has 9 atom stereocenters. The van der Waals surface area contributed by atoms with Gasteiger partial charge in [0.15, 0.2) is 0 Å². The first kappa shape index (κ1) is 31.1. The number of carbonyl (C=O) groups excluding carboxylic acids is 1. The third-order valence-electron chi connectivity index (χ3n) is 13.9. The van der Waals surface area contributed by atoms with Crippen molar-refractivity contribution >= 4 is 17.5 Å². The first-order valence-corrected chi connectivity index (χ1v) is 16.5. The lowest BCUT2D eigenvalue weighted by Crippen LogP contribution is -2.60. The Labute approximate surface area is 254 Å². The van der Waals surface area contributed by atoms with Crippen molar-refractivity contribution in [1.82, 2.24) is 0 Å². The van der Waals surface area contributed by atoms with Gasteiger partial charge >= 0.3 is 11.9 Å². The van der Waals surface area contributed by atoms with Crippen LogP contribution in [0, 0.1) is 57.2 Å². The molecule has 230 valence electrons. The van der Waals surface area contributed by atoms with Crippen LogP contribution in [0.3, 0.4) is 0 Å². The van der Waals surface area contributed by atoms with Crippen molar-refractivity contribution in [1.29, 1.82) is 0 Å². The van der Waals surface area contributed by atoms with Crippen LogP contribution in [0.4, 0.5) is 0 Å². The SMILES string of the molecule is C=C(C)C1CCC(CC)(C(=O)O)C1C1CCC2C(C)(CCC3C(C)(C)C(c4ccc(C(=O)OC)cc4)=CCC32C)C1C. The highest BCUT2D eigenvalue weighted by Gasteiger charge is 2.65. The minimum Gasteiger partial charge on any atom is -0.481 e. The van der Waals surface area contributed by atoms with Crippen LogP contribution in [0.15, 0.2) is 42.5 Å². The largest absolute Gasteiger partial charge is 0.481 e. The number of aliphatic carboxylic acids is 1. The molecule has 5 rings (SSSR count). The first-order chi connectivity index (χ1) is 19.7. The Hall–Kier alpha value is -2.36. The summed E-state index contributed by atoms with van der Waals surface area (Å²) in [7, 11) is 1.42. The number of esters is 1. The van der Waals surface area contributed by atoms with Crippen molar-refractivity contribution in [3.63, 3.8) is 0 Å². The van der Waals surface area contributed by atoms with Crippen molar-refractivity contribution in [2.75, 3.05) is 7.11 Å². The second kappa shape index (κ2) is 10.7. The van der Waals surface area contributed by atoms with Crippen LogP contribution in [0.1, 0.15) is 116 Å². The highest BCUT2D eigenvalue weighted by molar-refractivity contribution is 5.90. The number of carboxylic acids is 1. The maximum atomic E-state index is 12.9. The molecule has 1 aromatic rings. The van der Waals surface area contributed by atoms with Crippen LogP contribution >= 0.6 is 0 Å². The molecule has 42 heavy (non-hydrogen) atoms. The summed E-state index contributed by atoms with van der Waals surface area (Å²) < 4.78 is 4.91. The zero-order chi connectivity index (χ0) is 30.8. The molecule has 0 aliphatic heterocycles. The number of allylic oxidation sites excluding steroid dienone is 3. The van der Waals surface area contributed by atoms with Crippen LogP contribution in [-0.2, 0) is 9.53 Å². The summed E-state index contributed by atoms with van der Waals surface area (Å²) in [5.41, 5.74) is 4.15. The Balaban J connectivity index is 1.47. The topological polar surface area (TPSA) is 63.6 Å². The minimum absolute atomic E-state index is 0.0123. The summed E-state index contributed by atoms with van der Waals surface area (Å²) in [6.45, 7) is 21.1. The molecule has 3 saturated carbocycles. The lowest BCUT2D eigenvalue weighted by atomic mass is 9.38. The second-order valence-corrected chi connectivity index (χ2v) is 15.6. The fourth-order valence-corrected chi connectivity index (χ4v) is 11.6. The van der Waals surface area contributed by atoms with Crippen LogP contribution in [-0.4, -0.2) is 24.2 Å². The molecule has 0 aromatic heterocycles. The number of rotatable bonds is 6. The molecular weight excluding hydrogens is 520 g/mol. The zero-order valence-electron chi connectivity index (χ0n) is 27.4. The monoisotopic (exact) mass is 574 g/mol. The van der Waals surface area contributed by atoms with E-state index in [0.717, 1.165) is 25.7 Å². The van der Waals surface area contributed by atoms with Gasteiger partial charge in [-0.2, -0.15) is 0 Å². The third kappa shape index (κ3) is 4.36. The van der Waals surface area contributed by atoms with E-state index < -0.39 is 11.4 Å². The first-order valence-electron chi connectivity index (χ1n) is 16.5. The van der Waals surface area contributed by atoms with Gasteiger partial charge in [0.25, 0.3) is 0 Å². The molecule has 0 saturated heterocycles. The number of fused-ring (bicyclic) bond motifs is 3. The lowest BCUT2D eigenvalue weighted by Gasteiger charge is -2.67. The number of methoxy groups -OCH3 is 1. The molecule has 0 heterocycles. The second-order valence-electron chi connectivity index (χ2n) is 15.6.